The Bertz CT molecular complexity index is 846. The van der Waals surface area contributed by atoms with E-state index in [-0.39, 0.29) is 23.5 Å². The van der Waals surface area contributed by atoms with Crippen LogP contribution in [0.15, 0.2) is 18.5 Å². The number of carbonyl (C=O) groups is 1. The average Bonchev–Trinajstić information content (AvgIpc) is 3.11. The number of sulfone groups is 1. The van der Waals surface area contributed by atoms with Crippen LogP contribution in [-0.2, 0) is 9.84 Å². The number of aromatic nitrogens is 4. The van der Waals surface area contributed by atoms with Crippen LogP contribution >= 0.6 is 0 Å². The first-order valence-corrected chi connectivity index (χ1v) is 9.04. The Morgan fingerprint density at radius 1 is 1.35 bits per heavy atom. The molecule has 1 N–H and O–H groups in total. The van der Waals surface area contributed by atoms with Crippen molar-refractivity contribution in [2.24, 2.45) is 0 Å². The molecule has 23 heavy (non-hydrogen) atoms. The first kappa shape index (κ1) is 15.6. The highest BCUT2D eigenvalue weighted by Crippen LogP contribution is 2.22. The summed E-state index contributed by atoms with van der Waals surface area (Å²) >= 11 is 0. The minimum atomic E-state index is -3.04. The van der Waals surface area contributed by atoms with Gasteiger partial charge < -0.3 is 5.32 Å². The van der Waals surface area contributed by atoms with Crippen LogP contribution in [0.25, 0.3) is 5.69 Å². The minimum Gasteiger partial charge on any atom is -0.348 e. The predicted octanol–water partition coefficient (Wildman–Crippen LogP) is 0.196. The Hall–Kier alpha value is -2.29. The SMILES string of the molecule is Cc1ccc(C(=O)NC2CCS(=O)(=O)C2)c(-n2cnnn2)c1C. The summed E-state index contributed by atoms with van der Waals surface area (Å²) in [6, 6.07) is 3.21. The second-order valence-corrected chi connectivity index (χ2v) is 7.96. The standard InChI is InChI=1S/C14H17N5O3S/c1-9-3-4-12(13(10(9)2)19-8-15-17-18-19)14(20)16-11-5-6-23(21,22)7-11/h3-4,8,11H,5-7H2,1-2H3,(H,16,20). The van der Waals surface area contributed by atoms with Gasteiger partial charge in [0.15, 0.2) is 9.84 Å². The van der Waals surface area contributed by atoms with Crippen molar-refractivity contribution in [2.75, 3.05) is 11.5 Å². The van der Waals surface area contributed by atoms with E-state index in [1.54, 1.807) is 6.07 Å². The van der Waals surface area contributed by atoms with E-state index in [0.29, 0.717) is 17.7 Å². The smallest absolute Gasteiger partial charge is 0.253 e. The van der Waals surface area contributed by atoms with Crippen molar-refractivity contribution in [3.8, 4) is 5.69 Å². The number of rotatable bonds is 3. The van der Waals surface area contributed by atoms with Crippen LogP contribution < -0.4 is 5.32 Å². The van der Waals surface area contributed by atoms with Crippen LogP contribution in [0.5, 0.6) is 0 Å². The van der Waals surface area contributed by atoms with E-state index in [9.17, 15) is 13.2 Å². The Morgan fingerprint density at radius 2 is 2.13 bits per heavy atom. The molecule has 8 nitrogen and oxygen atoms in total. The van der Waals surface area contributed by atoms with Gasteiger partial charge in [-0.2, -0.15) is 4.68 Å². The summed E-state index contributed by atoms with van der Waals surface area (Å²) in [6.07, 6.45) is 1.87. The van der Waals surface area contributed by atoms with Gasteiger partial charge in [-0.15, -0.1) is 5.10 Å². The molecule has 1 fully saturated rings. The molecule has 122 valence electrons. The minimum absolute atomic E-state index is 0.0101. The molecule has 1 aromatic carbocycles. The van der Waals surface area contributed by atoms with Crippen LogP contribution in [0.3, 0.4) is 0 Å². The number of tetrazole rings is 1. The number of aryl methyl sites for hydroxylation is 1. The molecule has 1 aliphatic heterocycles. The first-order chi connectivity index (χ1) is 10.9. The lowest BCUT2D eigenvalue weighted by molar-refractivity contribution is 0.0941. The van der Waals surface area contributed by atoms with Gasteiger partial charge in [0.05, 0.1) is 22.8 Å². The normalized spacial score (nSPS) is 19.7. The summed E-state index contributed by atoms with van der Waals surface area (Å²) < 4.78 is 24.5. The van der Waals surface area contributed by atoms with E-state index in [4.69, 9.17) is 0 Å². The Morgan fingerprint density at radius 3 is 2.74 bits per heavy atom. The van der Waals surface area contributed by atoms with Gasteiger partial charge in [0, 0.05) is 6.04 Å². The predicted molar refractivity (Wildman–Crippen MR) is 83.2 cm³/mol. The fraction of sp³-hybridized carbons (Fsp3) is 0.429. The third-order valence-electron chi connectivity index (χ3n) is 4.09. The maximum Gasteiger partial charge on any atom is 0.253 e. The molecule has 2 heterocycles. The lowest BCUT2D eigenvalue weighted by Crippen LogP contribution is -2.36. The Balaban J connectivity index is 1.94. The van der Waals surface area contributed by atoms with Gasteiger partial charge in [-0.05, 0) is 47.9 Å². The molecular formula is C14H17N5O3S. The van der Waals surface area contributed by atoms with Crippen molar-refractivity contribution < 1.29 is 13.2 Å². The van der Waals surface area contributed by atoms with Gasteiger partial charge in [-0.3, -0.25) is 4.79 Å². The van der Waals surface area contributed by atoms with E-state index in [0.717, 1.165) is 11.1 Å². The monoisotopic (exact) mass is 335 g/mol. The molecule has 1 amide bonds. The number of benzene rings is 1. The maximum atomic E-state index is 12.6. The van der Waals surface area contributed by atoms with Crippen LogP contribution in [0.1, 0.15) is 27.9 Å². The maximum absolute atomic E-state index is 12.6. The lowest BCUT2D eigenvalue weighted by atomic mass is 10.0. The summed E-state index contributed by atoms with van der Waals surface area (Å²) in [4.78, 5) is 12.6. The van der Waals surface area contributed by atoms with E-state index in [2.05, 4.69) is 20.8 Å². The van der Waals surface area contributed by atoms with Crippen LogP contribution in [0.4, 0.5) is 0 Å². The largest absolute Gasteiger partial charge is 0.348 e. The molecule has 1 atom stereocenters. The molecule has 1 saturated heterocycles. The zero-order valence-electron chi connectivity index (χ0n) is 12.9. The van der Waals surface area contributed by atoms with Gasteiger partial charge in [0.2, 0.25) is 0 Å². The molecule has 0 aliphatic carbocycles. The van der Waals surface area contributed by atoms with E-state index in [1.807, 2.05) is 19.9 Å². The van der Waals surface area contributed by atoms with Crippen LogP contribution in [0.2, 0.25) is 0 Å². The topological polar surface area (TPSA) is 107 Å². The van der Waals surface area contributed by atoms with Gasteiger partial charge in [0.25, 0.3) is 5.91 Å². The molecule has 2 aromatic rings. The first-order valence-electron chi connectivity index (χ1n) is 7.22. The van der Waals surface area contributed by atoms with E-state index >= 15 is 0 Å². The molecule has 0 saturated carbocycles. The summed E-state index contributed by atoms with van der Waals surface area (Å²) in [6.45, 7) is 3.83. The fourth-order valence-electron chi connectivity index (χ4n) is 2.72. The third-order valence-corrected chi connectivity index (χ3v) is 5.86. The summed E-state index contributed by atoms with van der Waals surface area (Å²) in [5.41, 5.74) is 2.93. The van der Waals surface area contributed by atoms with Gasteiger partial charge in [-0.25, -0.2) is 8.42 Å². The zero-order chi connectivity index (χ0) is 16.6. The summed E-state index contributed by atoms with van der Waals surface area (Å²) in [5.74, 6) is -0.213. The van der Waals surface area contributed by atoms with Crippen molar-refractivity contribution in [3.63, 3.8) is 0 Å². The van der Waals surface area contributed by atoms with Crippen molar-refractivity contribution in [1.82, 2.24) is 25.5 Å². The number of hydrogen-bond acceptors (Lipinski definition) is 6. The lowest BCUT2D eigenvalue weighted by Gasteiger charge is -2.16. The number of nitrogens with one attached hydrogen (secondary N) is 1. The van der Waals surface area contributed by atoms with Crippen molar-refractivity contribution >= 4 is 15.7 Å². The highest BCUT2D eigenvalue weighted by Gasteiger charge is 2.30. The van der Waals surface area contributed by atoms with Gasteiger partial charge in [-0.1, -0.05) is 6.07 Å². The average molecular weight is 335 g/mol. The third kappa shape index (κ3) is 3.09. The highest BCUT2D eigenvalue weighted by atomic mass is 32.2. The Kier molecular flexibility index (Phi) is 3.88. The summed E-state index contributed by atoms with van der Waals surface area (Å²) in [5, 5.41) is 13.9. The highest BCUT2D eigenvalue weighted by molar-refractivity contribution is 7.91. The molecular weight excluding hydrogens is 318 g/mol. The number of amides is 1. The number of carbonyl (C=O) groups excluding carboxylic acids is 1. The number of hydrogen-bond donors (Lipinski definition) is 1. The molecule has 0 spiro atoms. The van der Waals surface area contributed by atoms with E-state index < -0.39 is 9.84 Å². The van der Waals surface area contributed by atoms with Gasteiger partial charge >= 0.3 is 0 Å². The molecule has 3 rings (SSSR count). The van der Waals surface area contributed by atoms with Crippen LogP contribution in [-0.4, -0.2) is 52.1 Å². The molecule has 9 heteroatoms. The Labute approximate surface area is 133 Å². The van der Waals surface area contributed by atoms with Crippen molar-refractivity contribution in [2.45, 2.75) is 26.3 Å². The van der Waals surface area contributed by atoms with Crippen molar-refractivity contribution in [1.29, 1.82) is 0 Å². The van der Waals surface area contributed by atoms with E-state index in [1.165, 1.54) is 11.0 Å². The second kappa shape index (κ2) is 5.73. The molecule has 0 radical (unpaired) electrons. The second-order valence-electron chi connectivity index (χ2n) is 5.73. The summed E-state index contributed by atoms with van der Waals surface area (Å²) in [7, 11) is -3.04. The van der Waals surface area contributed by atoms with Crippen LogP contribution in [0, 0.1) is 13.8 Å². The fourth-order valence-corrected chi connectivity index (χ4v) is 4.39. The van der Waals surface area contributed by atoms with Crippen molar-refractivity contribution in [3.05, 3.63) is 35.2 Å². The van der Waals surface area contributed by atoms with Gasteiger partial charge in [0.1, 0.15) is 6.33 Å². The molecule has 0 bridgehead atoms. The quantitative estimate of drug-likeness (QED) is 0.858. The zero-order valence-corrected chi connectivity index (χ0v) is 13.7. The molecule has 1 aliphatic rings. The molecule has 1 unspecified atom stereocenters. The number of nitrogens with zero attached hydrogens (tertiary/aromatic N) is 4. The molecule has 1 aromatic heterocycles.